The molecule has 0 saturated heterocycles. The van der Waals surface area contributed by atoms with Crippen molar-refractivity contribution in [3.63, 3.8) is 0 Å². The van der Waals surface area contributed by atoms with E-state index in [0.29, 0.717) is 11.3 Å². The van der Waals surface area contributed by atoms with Crippen molar-refractivity contribution in [3.05, 3.63) is 42.5 Å². The maximum absolute atomic E-state index is 9.16. The van der Waals surface area contributed by atoms with Gasteiger partial charge in [-0.05, 0) is 6.07 Å². The van der Waals surface area contributed by atoms with E-state index in [2.05, 4.69) is 13.2 Å². The Labute approximate surface area is 71.6 Å². The normalized spacial score (nSPS) is 9.33. The molecule has 62 valence electrons. The third-order valence-corrected chi connectivity index (χ3v) is 1.65. The second-order valence-corrected chi connectivity index (χ2v) is 2.46. The number of hydrogen-bond acceptors (Lipinski definition) is 2. The van der Waals surface area contributed by atoms with Crippen molar-refractivity contribution in [2.45, 2.75) is 0 Å². The van der Waals surface area contributed by atoms with Crippen LogP contribution in [0.2, 0.25) is 0 Å². The van der Waals surface area contributed by atoms with Gasteiger partial charge >= 0.3 is 0 Å². The number of aliphatic hydroxyl groups is 1. The van der Waals surface area contributed by atoms with Crippen LogP contribution in [0.4, 0.5) is 5.69 Å². The lowest BCUT2D eigenvalue weighted by atomic mass is 10.0. The molecule has 0 amide bonds. The molecule has 3 N–H and O–H groups in total. The highest BCUT2D eigenvalue weighted by Crippen LogP contribution is 2.22. The Bertz CT molecular complexity index is 329. The Morgan fingerprint density at radius 2 is 2.17 bits per heavy atom. The summed E-state index contributed by atoms with van der Waals surface area (Å²) < 4.78 is 0. The standard InChI is InChI=1S/C10H11NO/c1-3-8-9(7(2)12)5-4-6-10(8)11/h3-6,12H,1-2,11H2. The lowest BCUT2D eigenvalue weighted by Crippen LogP contribution is -1.93. The second-order valence-electron chi connectivity index (χ2n) is 2.46. The molecule has 1 aromatic carbocycles. The van der Waals surface area contributed by atoms with Crippen LogP contribution in [-0.4, -0.2) is 5.11 Å². The largest absolute Gasteiger partial charge is 0.508 e. The third kappa shape index (κ3) is 1.32. The molecule has 0 saturated carbocycles. The van der Waals surface area contributed by atoms with Gasteiger partial charge in [0.2, 0.25) is 0 Å². The molecule has 1 rings (SSSR count). The average Bonchev–Trinajstić information content (AvgIpc) is 2.03. The van der Waals surface area contributed by atoms with E-state index >= 15 is 0 Å². The summed E-state index contributed by atoms with van der Waals surface area (Å²) in [6.07, 6.45) is 1.60. The predicted molar refractivity (Wildman–Crippen MR) is 52.6 cm³/mol. The van der Waals surface area contributed by atoms with Gasteiger partial charge in [-0.15, -0.1) is 0 Å². The van der Waals surface area contributed by atoms with Gasteiger partial charge in [-0.25, -0.2) is 0 Å². The number of anilines is 1. The van der Waals surface area contributed by atoms with Crippen LogP contribution in [0.15, 0.2) is 31.4 Å². The number of nitrogens with two attached hydrogens (primary N) is 1. The van der Waals surface area contributed by atoms with Crippen LogP contribution < -0.4 is 5.73 Å². The van der Waals surface area contributed by atoms with E-state index in [9.17, 15) is 0 Å². The first kappa shape index (κ1) is 8.40. The van der Waals surface area contributed by atoms with Gasteiger partial charge in [-0.2, -0.15) is 0 Å². The molecular weight excluding hydrogens is 150 g/mol. The van der Waals surface area contributed by atoms with Gasteiger partial charge in [0.1, 0.15) is 5.76 Å². The molecule has 2 nitrogen and oxygen atoms in total. The van der Waals surface area contributed by atoms with E-state index in [0.717, 1.165) is 5.56 Å². The molecular formula is C10H11NO. The van der Waals surface area contributed by atoms with Crippen molar-refractivity contribution >= 4 is 17.5 Å². The fourth-order valence-electron chi connectivity index (χ4n) is 1.06. The number of hydrogen-bond donors (Lipinski definition) is 2. The van der Waals surface area contributed by atoms with E-state index in [1.807, 2.05) is 0 Å². The van der Waals surface area contributed by atoms with Gasteiger partial charge in [-0.1, -0.05) is 31.4 Å². The molecule has 0 atom stereocenters. The molecule has 12 heavy (non-hydrogen) atoms. The van der Waals surface area contributed by atoms with Gasteiger partial charge in [0, 0.05) is 16.8 Å². The fourth-order valence-corrected chi connectivity index (χ4v) is 1.06. The highest BCUT2D eigenvalue weighted by molar-refractivity contribution is 5.76. The van der Waals surface area contributed by atoms with Crippen LogP contribution in [0.25, 0.3) is 11.8 Å². The van der Waals surface area contributed by atoms with Crippen LogP contribution in [0.5, 0.6) is 0 Å². The Morgan fingerprint density at radius 3 is 2.58 bits per heavy atom. The minimum atomic E-state index is 0.0113. The van der Waals surface area contributed by atoms with Gasteiger partial charge in [0.25, 0.3) is 0 Å². The summed E-state index contributed by atoms with van der Waals surface area (Å²) in [6.45, 7) is 7.03. The summed E-state index contributed by atoms with van der Waals surface area (Å²) in [5, 5.41) is 9.16. The predicted octanol–water partition coefficient (Wildman–Crippen LogP) is 2.44. The number of benzene rings is 1. The van der Waals surface area contributed by atoms with Crippen molar-refractivity contribution in [2.24, 2.45) is 0 Å². The molecule has 2 heteroatoms. The van der Waals surface area contributed by atoms with Crippen molar-refractivity contribution in [1.29, 1.82) is 0 Å². The van der Waals surface area contributed by atoms with E-state index in [4.69, 9.17) is 10.8 Å². The Balaban J connectivity index is 3.37. The van der Waals surface area contributed by atoms with Gasteiger partial charge < -0.3 is 10.8 Å². The molecule has 0 fully saturated rings. The molecule has 0 radical (unpaired) electrons. The summed E-state index contributed by atoms with van der Waals surface area (Å²) in [5.41, 5.74) is 7.60. The molecule has 0 aliphatic carbocycles. The minimum absolute atomic E-state index is 0.0113. The van der Waals surface area contributed by atoms with Crippen LogP contribution in [0, 0.1) is 0 Å². The second kappa shape index (κ2) is 3.13. The minimum Gasteiger partial charge on any atom is -0.508 e. The first-order chi connectivity index (χ1) is 5.66. The molecule has 0 aliphatic rings. The van der Waals surface area contributed by atoms with Crippen LogP contribution in [-0.2, 0) is 0 Å². The highest BCUT2D eigenvalue weighted by Gasteiger charge is 2.03. The van der Waals surface area contributed by atoms with Crippen molar-refractivity contribution < 1.29 is 5.11 Å². The maximum atomic E-state index is 9.16. The number of rotatable bonds is 2. The Hall–Kier alpha value is -1.70. The smallest absolute Gasteiger partial charge is 0.116 e. The van der Waals surface area contributed by atoms with Crippen LogP contribution in [0.3, 0.4) is 0 Å². The zero-order valence-electron chi connectivity index (χ0n) is 6.75. The van der Waals surface area contributed by atoms with Crippen LogP contribution in [0.1, 0.15) is 11.1 Å². The monoisotopic (exact) mass is 161 g/mol. The van der Waals surface area contributed by atoms with Gasteiger partial charge in [-0.3, -0.25) is 0 Å². The van der Waals surface area contributed by atoms with E-state index in [1.54, 1.807) is 24.3 Å². The lowest BCUT2D eigenvalue weighted by molar-refractivity contribution is 0.513. The van der Waals surface area contributed by atoms with Crippen molar-refractivity contribution in [3.8, 4) is 0 Å². The topological polar surface area (TPSA) is 46.2 Å². The van der Waals surface area contributed by atoms with Crippen molar-refractivity contribution in [2.75, 3.05) is 5.73 Å². The fraction of sp³-hybridized carbons (Fsp3) is 0. The molecule has 0 heterocycles. The zero-order chi connectivity index (χ0) is 9.14. The quantitative estimate of drug-likeness (QED) is 0.517. The van der Waals surface area contributed by atoms with Gasteiger partial charge in [0.15, 0.2) is 0 Å². The highest BCUT2D eigenvalue weighted by atomic mass is 16.3. The number of aliphatic hydroxyl groups excluding tert-OH is 1. The van der Waals surface area contributed by atoms with E-state index < -0.39 is 0 Å². The van der Waals surface area contributed by atoms with Crippen molar-refractivity contribution in [1.82, 2.24) is 0 Å². The number of nitrogen functional groups attached to an aromatic ring is 1. The lowest BCUT2D eigenvalue weighted by Gasteiger charge is -2.06. The summed E-state index contributed by atoms with van der Waals surface area (Å²) in [7, 11) is 0. The molecule has 0 aromatic heterocycles. The first-order valence-electron chi connectivity index (χ1n) is 3.56. The maximum Gasteiger partial charge on any atom is 0.116 e. The Kier molecular flexibility index (Phi) is 2.19. The molecule has 0 bridgehead atoms. The summed E-state index contributed by atoms with van der Waals surface area (Å²) in [5.74, 6) is 0.0113. The molecule has 0 unspecified atom stereocenters. The average molecular weight is 161 g/mol. The SMILES string of the molecule is C=Cc1c(N)cccc1C(=C)O. The van der Waals surface area contributed by atoms with Crippen LogP contribution >= 0.6 is 0 Å². The summed E-state index contributed by atoms with van der Waals surface area (Å²) in [6, 6.07) is 5.26. The molecule has 0 aliphatic heterocycles. The van der Waals surface area contributed by atoms with Gasteiger partial charge in [0.05, 0.1) is 0 Å². The molecule has 1 aromatic rings. The summed E-state index contributed by atoms with van der Waals surface area (Å²) in [4.78, 5) is 0. The zero-order valence-corrected chi connectivity index (χ0v) is 6.75. The Morgan fingerprint density at radius 1 is 1.50 bits per heavy atom. The van der Waals surface area contributed by atoms with E-state index in [1.165, 1.54) is 0 Å². The summed E-state index contributed by atoms with van der Waals surface area (Å²) >= 11 is 0. The molecule has 0 spiro atoms. The third-order valence-electron chi connectivity index (χ3n) is 1.65. The first-order valence-corrected chi connectivity index (χ1v) is 3.56. The van der Waals surface area contributed by atoms with E-state index in [-0.39, 0.29) is 5.76 Å².